The van der Waals surface area contributed by atoms with E-state index in [-0.39, 0.29) is 11.7 Å². The summed E-state index contributed by atoms with van der Waals surface area (Å²) in [6, 6.07) is 12.5. The highest BCUT2D eigenvalue weighted by molar-refractivity contribution is 9.10. The minimum absolute atomic E-state index is 0.0551. The Morgan fingerprint density at radius 2 is 2.00 bits per heavy atom. The Morgan fingerprint density at radius 1 is 1.25 bits per heavy atom. The van der Waals surface area contributed by atoms with Crippen molar-refractivity contribution in [3.05, 3.63) is 58.1 Å². The molecule has 0 fully saturated rings. The Morgan fingerprint density at radius 3 is 2.70 bits per heavy atom. The summed E-state index contributed by atoms with van der Waals surface area (Å²) in [6.45, 7) is 2.10. The second-order valence-corrected chi connectivity index (χ2v) is 5.38. The fourth-order valence-corrected chi connectivity index (χ4v) is 2.22. The second-order valence-electron chi connectivity index (χ2n) is 4.53. The van der Waals surface area contributed by atoms with Crippen LogP contribution in [0.25, 0.3) is 0 Å². The zero-order chi connectivity index (χ0) is 14.5. The quantitative estimate of drug-likeness (QED) is 0.873. The lowest BCUT2D eigenvalue weighted by Crippen LogP contribution is -2.13. The third kappa shape index (κ3) is 3.39. The molecule has 0 aliphatic heterocycles. The van der Waals surface area contributed by atoms with Crippen molar-refractivity contribution in [2.24, 2.45) is 0 Å². The van der Waals surface area contributed by atoms with Crippen LogP contribution >= 0.6 is 15.9 Å². The Bertz CT molecular complexity index is 626. The van der Waals surface area contributed by atoms with Crippen LogP contribution in [-0.4, -0.2) is 11.0 Å². The summed E-state index contributed by atoms with van der Waals surface area (Å²) < 4.78 is 0.570. The van der Waals surface area contributed by atoms with Crippen LogP contribution in [0.2, 0.25) is 0 Å². The van der Waals surface area contributed by atoms with Gasteiger partial charge in [0.2, 0.25) is 0 Å². The van der Waals surface area contributed by atoms with Gasteiger partial charge in [0, 0.05) is 11.3 Å². The number of anilines is 1. The molecule has 0 atom stereocenters. The first-order valence-corrected chi connectivity index (χ1v) is 7.29. The van der Waals surface area contributed by atoms with Crippen molar-refractivity contribution in [2.45, 2.75) is 19.8 Å². The maximum atomic E-state index is 12.2. The molecule has 0 saturated heterocycles. The zero-order valence-corrected chi connectivity index (χ0v) is 12.8. The van der Waals surface area contributed by atoms with Crippen molar-refractivity contribution < 1.29 is 9.90 Å². The van der Waals surface area contributed by atoms with Crippen molar-refractivity contribution >= 4 is 27.5 Å². The number of benzene rings is 2. The molecule has 0 saturated carbocycles. The summed E-state index contributed by atoms with van der Waals surface area (Å²) in [4.78, 5) is 12.2. The minimum atomic E-state index is -0.226. The van der Waals surface area contributed by atoms with Gasteiger partial charge in [-0.2, -0.15) is 0 Å². The van der Waals surface area contributed by atoms with E-state index in [0.29, 0.717) is 10.0 Å². The molecule has 0 aliphatic carbocycles. The van der Waals surface area contributed by atoms with Gasteiger partial charge in [-0.25, -0.2) is 0 Å². The summed E-state index contributed by atoms with van der Waals surface area (Å²) in [5, 5.41) is 12.5. The molecule has 0 aliphatic rings. The molecule has 2 aromatic rings. The van der Waals surface area contributed by atoms with Crippen molar-refractivity contribution in [3.63, 3.8) is 0 Å². The summed E-state index contributed by atoms with van der Waals surface area (Å²) in [5.41, 5.74) is 2.36. The predicted octanol–water partition coefficient (Wildman–Crippen LogP) is 4.36. The smallest absolute Gasteiger partial charge is 0.255 e. The first-order chi connectivity index (χ1) is 9.61. The van der Waals surface area contributed by atoms with Crippen LogP contribution in [0.4, 0.5) is 5.69 Å². The highest BCUT2D eigenvalue weighted by atomic mass is 79.9. The number of carbonyl (C=O) groups is 1. The van der Waals surface area contributed by atoms with Gasteiger partial charge in [0.25, 0.3) is 5.91 Å². The van der Waals surface area contributed by atoms with Crippen molar-refractivity contribution in [1.82, 2.24) is 0 Å². The van der Waals surface area contributed by atoms with E-state index in [1.54, 1.807) is 12.1 Å². The van der Waals surface area contributed by atoms with Gasteiger partial charge in [-0.15, -0.1) is 0 Å². The third-order valence-electron chi connectivity index (χ3n) is 2.99. The molecule has 0 heterocycles. The van der Waals surface area contributed by atoms with Crippen molar-refractivity contribution in [1.29, 1.82) is 0 Å². The Balaban J connectivity index is 2.21. The number of aromatic hydroxyl groups is 1. The van der Waals surface area contributed by atoms with E-state index >= 15 is 0 Å². The van der Waals surface area contributed by atoms with Crippen LogP contribution in [0.3, 0.4) is 0 Å². The van der Waals surface area contributed by atoms with Gasteiger partial charge in [0.15, 0.2) is 0 Å². The Kier molecular flexibility index (Phi) is 4.79. The number of phenols is 1. The molecule has 1 amide bonds. The Labute approximate surface area is 126 Å². The first kappa shape index (κ1) is 14.6. The molecular formula is C16H16BrNO2. The van der Waals surface area contributed by atoms with Gasteiger partial charge in [-0.05, 0) is 52.2 Å². The number of halogens is 1. The van der Waals surface area contributed by atoms with Gasteiger partial charge >= 0.3 is 0 Å². The van der Waals surface area contributed by atoms with Crippen LogP contribution in [0.15, 0.2) is 46.9 Å². The summed E-state index contributed by atoms with van der Waals surface area (Å²) >= 11 is 3.20. The summed E-state index contributed by atoms with van der Waals surface area (Å²) in [7, 11) is 0. The number of rotatable bonds is 4. The fraction of sp³-hybridized carbons (Fsp3) is 0.188. The number of aryl methyl sites for hydroxylation is 1. The lowest BCUT2D eigenvalue weighted by Gasteiger charge is -2.10. The molecular weight excluding hydrogens is 318 g/mol. The van der Waals surface area contributed by atoms with Gasteiger partial charge < -0.3 is 10.4 Å². The average molecular weight is 334 g/mol. The molecule has 4 heteroatoms. The lowest BCUT2D eigenvalue weighted by atomic mass is 10.1. The number of hydrogen-bond acceptors (Lipinski definition) is 2. The van der Waals surface area contributed by atoms with Crippen LogP contribution < -0.4 is 5.32 Å². The number of phenolic OH excluding ortho intramolecular Hbond substituents is 1. The molecule has 0 spiro atoms. The van der Waals surface area contributed by atoms with Crippen molar-refractivity contribution in [2.75, 3.05) is 5.32 Å². The standard InChI is InChI=1S/C16H16BrNO2/c1-2-5-11-6-3-4-7-14(11)18-16(20)12-8-9-13(17)15(19)10-12/h3-4,6-10,19H,2,5H2,1H3,(H,18,20). The van der Waals surface area contributed by atoms with Crippen LogP contribution in [-0.2, 0) is 6.42 Å². The molecule has 104 valence electrons. The molecule has 20 heavy (non-hydrogen) atoms. The summed E-state index contributed by atoms with van der Waals surface area (Å²) in [5.74, 6) is -0.171. The van der Waals surface area contributed by atoms with E-state index in [0.717, 1.165) is 24.1 Å². The minimum Gasteiger partial charge on any atom is -0.507 e. The normalized spacial score (nSPS) is 10.3. The van der Waals surface area contributed by atoms with Crippen LogP contribution in [0.1, 0.15) is 29.3 Å². The number of amides is 1. The third-order valence-corrected chi connectivity index (χ3v) is 3.66. The molecule has 0 radical (unpaired) electrons. The topological polar surface area (TPSA) is 49.3 Å². The van der Waals surface area contributed by atoms with Gasteiger partial charge in [0.1, 0.15) is 5.75 Å². The molecule has 0 bridgehead atoms. The maximum Gasteiger partial charge on any atom is 0.255 e. The van der Waals surface area contributed by atoms with Gasteiger partial charge in [0.05, 0.1) is 4.47 Å². The fourth-order valence-electron chi connectivity index (χ4n) is 1.98. The number of hydrogen-bond donors (Lipinski definition) is 2. The van der Waals surface area contributed by atoms with Gasteiger partial charge in [-0.1, -0.05) is 31.5 Å². The predicted molar refractivity (Wildman–Crippen MR) is 84.2 cm³/mol. The van der Waals surface area contributed by atoms with Crippen molar-refractivity contribution in [3.8, 4) is 5.75 Å². The van der Waals surface area contributed by atoms with E-state index in [2.05, 4.69) is 28.2 Å². The summed E-state index contributed by atoms with van der Waals surface area (Å²) in [6.07, 6.45) is 1.94. The molecule has 2 aromatic carbocycles. The number of nitrogens with one attached hydrogen (secondary N) is 1. The molecule has 2 rings (SSSR count). The molecule has 2 N–H and O–H groups in total. The largest absolute Gasteiger partial charge is 0.507 e. The van der Waals surface area contributed by atoms with E-state index in [4.69, 9.17) is 0 Å². The molecule has 3 nitrogen and oxygen atoms in total. The van der Waals surface area contributed by atoms with E-state index in [1.165, 1.54) is 6.07 Å². The lowest BCUT2D eigenvalue weighted by molar-refractivity contribution is 0.102. The Hall–Kier alpha value is -1.81. The van der Waals surface area contributed by atoms with E-state index in [9.17, 15) is 9.90 Å². The van der Waals surface area contributed by atoms with E-state index in [1.807, 2.05) is 24.3 Å². The molecule has 0 aromatic heterocycles. The van der Waals surface area contributed by atoms with Crippen LogP contribution in [0.5, 0.6) is 5.75 Å². The number of carbonyl (C=O) groups excluding carboxylic acids is 1. The monoisotopic (exact) mass is 333 g/mol. The molecule has 0 unspecified atom stereocenters. The van der Waals surface area contributed by atoms with E-state index < -0.39 is 0 Å². The first-order valence-electron chi connectivity index (χ1n) is 6.49. The zero-order valence-electron chi connectivity index (χ0n) is 11.2. The van der Waals surface area contributed by atoms with Crippen LogP contribution in [0, 0.1) is 0 Å². The average Bonchev–Trinajstić information content (AvgIpc) is 2.44. The number of para-hydroxylation sites is 1. The van der Waals surface area contributed by atoms with Gasteiger partial charge in [-0.3, -0.25) is 4.79 Å². The highest BCUT2D eigenvalue weighted by Gasteiger charge is 2.10. The maximum absolute atomic E-state index is 12.2. The highest BCUT2D eigenvalue weighted by Crippen LogP contribution is 2.25. The second kappa shape index (κ2) is 6.57. The SMILES string of the molecule is CCCc1ccccc1NC(=O)c1ccc(Br)c(O)c1.